The summed E-state index contributed by atoms with van der Waals surface area (Å²) < 4.78 is 10.4. The molecule has 9 nitrogen and oxygen atoms in total. The summed E-state index contributed by atoms with van der Waals surface area (Å²) in [5, 5.41) is 14.0. The standard InChI is InChI=1S/C23H21N3O6/c27-20(25-11-19-21(22(28)29)26-13-32-19)9-10-24-23(30)31-12-18-16-7-3-1-5-14(16)15-6-2-4-8-17(15)18/h1-8,13,18H,9-12H2,(H,24,30)(H,25,27)(H,28,29). The van der Waals surface area contributed by atoms with Gasteiger partial charge in [-0.05, 0) is 22.3 Å². The molecule has 3 N–H and O–H groups in total. The first-order valence-electron chi connectivity index (χ1n) is 10.1. The van der Waals surface area contributed by atoms with Gasteiger partial charge >= 0.3 is 12.1 Å². The molecule has 0 saturated carbocycles. The molecule has 0 bridgehead atoms. The molecule has 0 atom stereocenters. The van der Waals surface area contributed by atoms with Gasteiger partial charge in [0.05, 0.1) is 6.54 Å². The maximum absolute atomic E-state index is 12.1. The van der Waals surface area contributed by atoms with Crippen LogP contribution in [0.5, 0.6) is 0 Å². The molecule has 0 fully saturated rings. The molecule has 0 unspecified atom stereocenters. The largest absolute Gasteiger partial charge is 0.476 e. The number of hydrogen-bond donors (Lipinski definition) is 3. The van der Waals surface area contributed by atoms with Gasteiger partial charge in [-0.1, -0.05) is 48.5 Å². The van der Waals surface area contributed by atoms with Crippen LogP contribution in [0.3, 0.4) is 0 Å². The van der Waals surface area contributed by atoms with Crippen molar-refractivity contribution in [1.82, 2.24) is 15.6 Å². The molecule has 1 aliphatic carbocycles. The first-order valence-corrected chi connectivity index (χ1v) is 10.1. The Hall–Kier alpha value is -4.14. The van der Waals surface area contributed by atoms with Gasteiger partial charge in [0, 0.05) is 18.9 Å². The Bertz CT molecular complexity index is 1110. The Morgan fingerprint density at radius 2 is 1.66 bits per heavy atom. The molecule has 1 aliphatic rings. The Kier molecular flexibility index (Phi) is 6.16. The molecule has 32 heavy (non-hydrogen) atoms. The summed E-state index contributed by atoms with van der Waals surface area (Å²) in [6.45, 7) is 0.158. The number of benzene rings is 2. The number of rotatable bonds is 8. The van der Waals surface area contributed by atoms with Crippen LogP contribution >= 0.6 is 0 Å². The summed E-state index contributed by atoms with van der Waals surface area (Å²) in [5.74, 6) is -1.60. The maximum Gasteiger partial charge on any atom is 0.407 e. The third-order valence-electron chi connectivity index (χ3n) is 5.25. The molecule has 3 aromatic rings. The van der Waals surface area contributed by atoms with Gasteiger partial charge in [-0.3, -0.25) is 4.79 Å². The fourth-order valence-electron chi connectivity index (χ4n) is 3.77. The van der Waals surface area contributed by atoms with E-state index in [1.165, 1.54) is 0 Å². The number of alkyl carbamates (subject to hydrolysis) is 1. The number of nitrogens with one attached hydrogen (secondary N) is 2. The third kappa shape index (κ3) is 4.46. The number of carbonyl (C=O) groups excluding carboxylic acids is 2. The number of hydrogen-bond acceptors (Lipinski definition) is 6. The number of fused-ring (bicyclic) bond motifs is 3. The number of amides is 2. The van der Waals surface area contributed by atoms with Crippen molar-refractivity contribution >= 4 is 18.0 Å². The summed E-state index contributed by atoms with van der Waals surface area (Å²) in [4.78, 5) is 38.6. The Morgan fingerprint density at radius 1 is 1.00 bits per heavy atom. The molecule has 0 aliphatic heterocycles. The Balaban J connectivity index is 1.23. The summed E-state index contributed by atoms with van der Waals surface area (Å²) >= 11 is 0. The van der Waals surface area contributed by atoms with Crippen LogP contribution < -0.4 is 10.6 Å². The fraction of sp³-hybridized carbons (Fsp3) is 0.217. The van der Waals surface area contributed by atoms with Crippen molar-refractivity contribution in [1.29, 1.82) is 0 Å². The van der Waals surface area contributed by atoms with Crippen LogP contribution in [0.1, 0.15) is 39.7 Å². The number of nitrogens with zero attached hydrogens (tertiary/aromatic N) is 1. The van der Waals surface area contributed by atoms with E-state index in [0.29, 0.717) is 0 Å². The van der Waals surface area contributed by atoms with Crippen LogP contribution in [0, 0.1) is 0 Å². The molecule has 0 radical (unpaired) electrons. The smallest absolute Gasteiger partial charge is 0.407 e. The number of carbonyl (C=O) groups is 3. The molecule has 0 spiro atoms. The predicted octanol–water partition coefficient (Wildman–Crippen LogP) is 2.92. The Morgan fingerprint density at radius 3 is 2.31 bits per heavy atom. The molecular formula is C23H21N3O6. The van der Waals surface area contributed by atoms with Crippen molar-refractivity contribution in [3.05, 3.63) is 77.5 Å². The number of carboxylic acids is 1. The van der Waals surface area contributed by atoms with E-state index in [-0.39, 0.29) is 49.4 Å². The van der Waals surface area contributed by atoms with E-state index < -0.39 is 12.1 Å². The molecule has 4 rings (SSSR count). The molecule has 164 valence electrons. The second-order valence-corrected chi connectivity index (χ2v) is 7.21. The lowest BCUT2D eigenvalue weighted by Gasteiger charge is -2.14. The van der Waals surface area contributed by atoms with Crippen molar-refractivity contribution in [2.45, 2.75) is 18.9 Å². The van der Waals surface area contributed by atoms with Gasteiger partial charge in [0.1, 0.15) is 6.61 Å². The monoisotopic (exact) mass is 435 g/mol. The first kappa shape index (κ1) is 21.1. The zero-order valence-electron chi connectivity index (χ0n) is 17.0. The normalized spacial score (nSPS) is 12.0. The minimum Gasteiger partial charge on any atom is -0.476 e. The van der Waals surface area contributed by atoms with Gasteiger partial charge in [-0.2, -0.15) is 0 Å². The van der Waals surface area contributed by atoms with Crippen molar-refractivity contribution in [3.63, 3.8) is 0 Å². The van der Waals surface area contributed by atoms with Crippen molar-refractivity contribution < 1.29 is 28.6 Å². The SMILES string of the molecule is O=C(CCNC(=O)OCC1c2ccccc2-c2ccccc21)NCc1ocnc1C(=O)O. The van der Waals surface area contributed by atoms with E-state index in [0.717, 1.165) is 28.6 Å². The van der Waals surface area contributed by atoms with E-state index in [9.17, 15) is 14.4 Å². The summed E-state index contributed by atoms with van der Waals surface area (Å²) in [6, 6.07) is 16.1. The van der Waals surface area contributed by atoms with Crippen LogP contribution in [0.2, 0.25) is 0 Å². The summed E-state index contributed by atoms with van der Waals surface area (Å²) in [5.41, 5.74) is 4.28. The second-order valence-electron chi connectivity index (χ2n) is 7.21. The van der Waals surface area contributed by atoms with E-state index in [1.54, 1.807) is 0 Å². The lowest BCUT2D eigenvalue weighted by Crippen LogP contribution is -2.31. The van der Waals surface area contributed by atoms with Gasteiger partial charge in [0.2, 0.25) is 5.91 Å². The number of ether oxygens (including phenoxy) is 1. The topological polar surface area (TPSA) is 131 Å². The van der Waals surface area contributed by atoms with E-state index in [1.807, 2.05) is 36.4 Å². The van der Waals surface area contributed by atoms with Crippen molar-refractivity contribution in [2.24, 2.45) is 0 Å². The number of oxazole rings is 1. The van der Waals surface area contributed by atoms with Crippen molar-refractivity contribution in [3.8, 4) is 11.1 Å². The minimum absolute atomic E-state index is 0.000731. The molecule has 2 amide bonds. The zero-order chi connectivity index (χ0) is 22.5. The lowest BCUT2D eigenvalue weighted by atomic mass is 9.98. The molecular weight excluding hydrogens is 414 g/mol. The van der Waals surface area contributed by atoms with E-state index in [4.69, 9.17) is 14.3 Å². The highest BCUT2D eigenvalue weighted by Crippen LogP contribution is 2.44. The fourth-order valence-corrected chi connectivity index (χ4v) is 3.77. The molecule has 2 aromatic carbocycles. The summed E-state index contributed by atoms with van der Waals surface area (Å²) in [6.07, 6.45) is 0.396. The average Bonchev–Trinajstić information content (AvgIpc) is 3.39. The highest BCUT2D eigenvalue weighted by atomic mass is 16.5. The lowest BCUT2D eigenvalue weighted by molar-refractivity contribution is -0.121. The van der Waals surface area contributed by atoms with Gasteiger partial charge in [-0.25, -0.2) is 14.6 Å². The average molecular weight is 435 g/mol. The highest BCUT2D eigenvalue weighted by molar-refractivity contribution is 5.86. The first-order chi connectivity index (χ1) is 15.5. The molecule has 0 saturated heterocycles. The van der Waals surface area contributed by atoms with Crippen LogP contribution in [0.4, 0.5) is 4.79 Å². The zero-order valence-corrected chi connectivity index (χ0v) is 17.0. The highest BCUT2D eigenvalue weighted by Gasteiger charge is 2.29. The number of aromatic carboxylic acids is 1. The molecule has 9 heteroatoms. The quantitative estimate of drug-likeness (QED) is 0.496. The molecule has 1 aromatic heterocycles. The van der Waals surface area contributed by atoms with Crippen LogP contribution in [0.25, 0.3) is 11.1 Å². The van der Waals surface area contributed by atoms with Gasteiger partial charge in [0.15, 0.2) is 17.8 Å². The number of carboxylic acid groups (broad SMARTS) is 1. The van der Waals surface area contributed by atoms with E-state index in [2.05, 4.69) is 27.8 Å². The van der Waals surface area contributed by atoms with Gasteiger partial charge in [0.25, 0.3) is 0 Å². The third-order valence-corrected chi connectivity index (χ3v) is 5.25. The van der Waals surface area contributed by atoms with Gasteiger partial charge < -0.3 is 24.9 Å². The van der Waals surface area contributed by atoms with Gasteiger partial charge in [-0.15, -0.1) is 0 Å². The van der Waals surface area contributed by atoms with Crippen LogP contribution in [-0.4, -0.2) is 41.2 Å². The maximum atomic E-state index is 12.1. The number of aromatic nitrogens is 1. The minimum atomic E-state index is -1.24. The predicted molar refractivity (Wildman–Crippen MR) is 113 cm³/mol. The van der Waals surface area contributed by atoms with Crippen molar-refractivity contribution in [2.75, 3.05) is 13.2 Å². The Labute approximate surface area is 183 Å². The second kappa shape index (κ2) is 9.34. The molecule has 1 heterocycles. The van der Waals surface area contributed by atoms with Crippen LogP contribution in [0.15, 0.2) is 59.3 Å². The van der Waals surface area contributed by atoms with Crippen LogP contribution in [-0.2, 0) is 16.1 Å². The van der Waals surface area contributed by atoms with E-state index >= 15 is 0 Å². The summed E-state index contributed by atoms with van der Waals surface area (Å²) in [7, 11) is 0.